The number of aromatic nitrogens is 1. The number of rotatable bonds is 2. The first-order chi connectivity index (χ1) is 7.72. The summed E-state index contributed by atoms with van der Waals surface area (Å²) in [6.45, 7) is 0. The zero-order chi connectivity index (χ0) is 11.5. The van der Waals surface area contributed by atoms with Gasteiger partial charge in [0, 0.05) is 10.6 Å². The van der Waals surface area contributed by atoms with Gasteiger partial charge in [0.15, 0.2) is 0 Å². The molecule has 16 heavy (non-hydrogen) atoms. The number of methoxy groups -OCH3 is 1. The highest BCUT2D eigenvalue weighted by atomic mass is 35.5. The predicted octanol–water partition coefficient (Wildman–Crippen LogP) is 2.99. The highest BCUT2D eigenvalue weighted by molar-refractivity contribution is 6.33. The summed E-state index contributed by atoms with van der Waals surface area (Å²) in [5, 5.41) is 0.654. The predicted molar refractivity (Wildman–Crippen MR) is 65.6 cm³/mol. The Bertz CT molecular complexity index is 514. The van der Waals surface area contributed by atoms with Crippen LogP contribution in [0.3, 0.4) is 0 Å². The fourth-order valence-electron chi connectivity index (χ4n) is 1.43. The lowest BCUT2D eigenvalue weighted by molar-refractivity contribution is 0.401. The fourth-order valence-corrected chi connectivity index (χ4v) is 1.67. The Morgan fingerprint density at radius 1 is 1.19 bits per heavy atom. The number of ether oxygens (including phenoxy) is 1. The van der Waals surface area contributed by atoms with Crippen LogP contribution < -0.4 is 10.5 Å². The number of halogens is 1. The molecule has 0 amide bonds. The van der Waals surface area contributed by atoms with Gasteiger partial charge in [-0.1, -0.05) is 29.8 Å². The van der Waals surface area contributed by atoms with E-state index in [2.05, 4.69) is 4.98 Å². The number of benzene rings is 1. The molecule has 82 valence electrons. The van der Waals surface area contributed by atoms with Crippen molar-refractivity contribution in [2.45, 2.75) is 0 Å². The molecule has 0 radical (unpaired) electrons. The second-order valence-electron chi connectivity index (χ2n) is 3.27. The number of pyridine rings is 1. The maximum Gasteiger partial charge on any atom is 0.237 e. The van der Waals surface area contributed by atoms with Crippen LogP contribution in [0, 0.1) is 0 Å². The first-order valence-electron chi connectivity index (χ1n) is 4.78. The van der Waals surface area contributed by atoms with Gasteiger partial charge in [-0.05, 0) is 18.2 Å². The maximum atomic E-state index is 6.08. The summed E-state index contributed by atoms with van der Waals surface area (Å²) in [4.78, 5) is 4.29. The van der Waals surface area contributed by atoms with E-state index in [0.717, 1.165) is 11.3 Å². The molecular formula is C12H11ClN2O. The quantitative estimate of drug-likeness (QED) is 0.869. The van der Waals surface area contributed by atoms with E-state index in [1.54, 1.807) is 6.07 Å². The van der Waals surface area contributed by atoms with E-state index >= 15 is 0 Å². The van der Waals surface area contributed by atoms with Crippen molar-refractivity contribution in [3.63, 3.8) is 0 Å². The van der Waals surface area contributed by atoms with Crippen molar-refractivity contribution in [2.75, 3.05) is 12.8 Å². The van der Waals surface area contributed by atoms with Gasteiger partial charge in [0.1, 0.15) is 0 Å². The third-order valence-corrected chi connectivity index (χ3v) is 2.56. The van der Waals surface area contributed by atoms with Gasteiger partial charge in [-0.25, -0.2) is 4.98 Å². The average molecular weight is 235 g/mol. The Morgan fingerprint density at radius 3 is 2.62 bits per heavy atom. The first kappa shape index (κ1) is 10.8. The van der Waals surface area contributed by atoms with E-state index in [-0.39, 0.29) is 0 Å². The van der Waals surface area contributed by atoms with Gasteiger partial charge in [-0.15, -0.1) is 0 Å². The van der Waals surface area contributed by atoms with Crippen molar-refractivity contribution in [1.29, 1.82) is 0 Å². The number of anilines is 1. The molecule has 0 saturated carbocycles. The number of nitrogens with two attached hydrogens (primary N) is 1. The monoisotopic (exact) mass is 234 g/mol. The molecule has 0 spiro atoms. The van der Waals surface area contributed by atoms with E-state index < -0.39 is 0 Å². The molecule has 0 fully saturated rings. The molecular weight excluding hydrogens is 224 g/mol. The molecule has 0 aliphatic rings. The molecule has 0 bridgehead atoms. The first-order valence-corrected chi connectivity index (χ1v) is 5.15. The van der Waals surface area contributed by atoms with E-state index in [0.29, 0.717) is 16.6 Å². The lowest BCUT2D eigenvalue weighted by Gasteiger charge is -2.07. The van der Waals surface area contributed by atoms with Crippen molar-refractivity contribution in [3.05, 3.63) is 41.4 Å². The van der Waals surface area contributed by atoms with Crippen LogP contribution in [0.25, 0.3) is 11.3 Å². The minimum absolute atomic E-state index is 0.414. The SMILES string of the molecule is COc1nc(-c2ccccc2Cl)ccc1N. The molecule has 0 unspecified atom stereocenters. The van der Waals surface area contributed by atoms with Crippen LogP contribution in [0.4, 0.5) is 5.69 Å². The van der Waals surface area contributed by atoms with Gasteiger partial charge in [0.05, 0.1) is 18.5 Å². The van der Waals surface area contributed by atoms with Crippen LogP contribution in [-0.2, 0) is 0 Å². The normalized spacial score (nSPS) is 10.1. The molecule has 2 rings (SSSR count). The third kappa shape index (κ3) is 1.95. The Balaban J connectivity index is 2.53. The van der Waals surface area contributed by atoms with Crippen molar-refractivity contribution in [2.24, 2.45) is 0 Å². The number of nitrogens with zero attached hydrogens (tertiary/aromatic N) is 1. The van der Waals surface area contributed by atoms with Crippen molar-refractivity contribution < 1.29 is 4.74 Å². The molecule has 0 aliphatic heterocycles. The van der Waals surface area contributed by atoms with Crippen LogP contribution in [0.15, 0.2) is 36.4 Å². The summed E-state index contributed by atoms with van der Waals surface area (Å²) in [6.07, 6.45) is 0. The van der Waals surface area contributed by atoms with E-state index in [9.17, 15) is 0 Å². The smallest absolute Gasteiger partial charge is 0.237 e. The molecule has 0 atom stereocenters. The summed E-state index contributed by atoms with van der Waals surface area (Å²) in [5.41, 5.74) is 7.82. The lowest BCUT2D eigenvalue weighted by Crippen LogP contribution is -1.96. The highest BCUT2D eigenvalue weighted by Crippen LogP contribution is 2.29. The summed E-state index contributed by atoms with van der Waals surface area (Å²) in [6, 6.07) is 11.1. The van der Waals surface area contributed by atoms with E-state index in [4.69, 9.17) is 22.1 Å². The third-order valence-electron chi connectivity index (χ3n) is 2.23. The average Bonchev–Trinajstić information content (AvgIpc) is 2.31. The summed E-state index contributed by atoms with van der Waals surface area (Å²) in [7, 11) is 1.54. The molecule has 2 N–H and O–H groups in total. The summed E-state index contributed by atoms with van der Waals surface area (Å²) < 4.78 is 5.07. The van der Waals surface area contributed by atoms with Gasteiger partial charge in [0.2, 0.25) is 5.88 Å². The zero-order valence-electron chi connectivity index (χ0n) is 8.77. The number of hydrogen-bond donors (Lipinski definition) is 1. The molecule has 2 aromatic rings. The van der Waals surface area contributed by atoms with Gasteiger partial charge in [-0.3, -0.25) is 0 Å². The second-order valence-corrected chi connectivity index (χ2v) is 3.68. The van der Waals surface area contributed by atoms with Gasteiger partial charge in [-0.2, -0.15) is 0 Å². The molecule has 0 aliphatic carbocycles. The van der Waals surface area contributed by atoms with Crippen LogP contribution in [-0.4, -0.2) is 12.1 Å². The summed E-state index contributed by atoms with van der Waals surface area (Å²) >= 11 is 6.08. The highest BCUT2D eigenvalue weighted by Gasteiger charge is 2.07. The van der Waals surface area contributed by atoms with Gasteiger partial charge < -0.3 is 10.5 Å². The molecule has 1 heterocycles. The number of nitrogen functional groups attached to an aromatic ring is 1. The number of hydrogen-bond acceptors (Lipinski definition) is 3. The van der Waals surface area contributed by atoms with Gasteiger partial charge in [0.25, 0.3) is 0 Å². The lowest BCUT2D eigenvalue weighted by atomic mass is 10.1. The molecule has 3 nitrogen and oxygen atoms in total. The van der Waals surface area contributed by atoms with Crippen molar-refractivity contribution in [1.82, 2.24) is 4.98 Å². The largest absolute Gasteiger partial charge is 0.480 e. The van der Waals surface area contributed by atoms with Crippen LogP contribution >= 0.6 is 11.6 Å². The van der Waals surface area contributed by atoms with Crippen LogP contribution in [0.5, 0.6) is 5.88 Å². The molecule has 0 saturated heterocycles. The standard InChI is InChI=1S/C12H11ClN2O/c1-16-12-10(14)6-7-11(15-12)8-4-2-3-5-9(8)13/h2-7H,14H2,1H3. The molecule has 4 heteroatoms. The van der Waals surface area contributed by atoms with Crippen LogP contribution in [0.1, 0.15) is 0 Å². The zero-order valence-corrected chi connectivity index (χ0v) is 9.53. The van der Waals surface area contributed by atoms with Crippen molar-refractivity contribution in [3.8, 4) is 17.1 Å². The fraction of sp³-hybridized carbons (Fsp3) is 0.0833. The Morgan fingerprint density at radius 2 is 1.94 bits per heavy atom. The van der Waals surface area contributed by atoms with Crippen LogP contribution in [0.2, 0.25) is 5.02 Å². The Labute approximate surface area is 98.8 Å². The summed E-state index contributed by atoms with van der Waals surface area (Å²) in [5.74, 6) is 0.414. The minimum atomic E-state index is 0.414. The van der Waals surface area contributed by atoms with Gasteiger partial charge >= 0.3 is 0 Å². The van der Waals surface area contributed by atoms with E-state index in [1.807, 2.05) is 30.3 Å². The maximum absolute atomic E-state index is 6.08. The topological polar surface area (TPSA) is 48.1 Å². The van der Waals surface area contributed by atoms with Crippen molar-refractivity contribution >= 4 is 17.3 Å². The molecule has 1 aromatic carbocycles. The Hall–Kier alpha value is -1.74. The van der Waals surface area contributed by atoms with E-state index in [1.165, 1.54) is 7.11 Å². The second kappa shape index (κ2) is 4.41. The minimum Gasteiger partial charge on any atom is -0.480 e. The molecule has 1 aromatic heterocycles. The Kier molecular flexibility index (Phi) is 2.97.